The third-order valence-electron chi connectivity index (χ3n) is 8.68. The summed E-state index contributed by atoms with van der Waals surface area (Å²) in [6.07, 6.45) is -3.89. The zero-order chi connectivity index (χ0) is 34.7. The molecule has 5 rings (SSSR count). The first-order chi connectivity index (χ1) is 22.8. The number of nitrogens with one attached hydrogen (secondary N) is 1. The lowest BCUT2D eigenvalue weighted by molar-refractivity contribution is -0.192. The third-order valence-corrected chi connectivity index (χ3v) is 13.7. The summed E-state index contributed by atoms with van der Waals surface area (Å²) in [5.41, 5.74) is -1.44. The van der Waals surface area contributed by atoms with Crippen LogP contribution in [-0.2, 0) is 44.4 Å². The minimum absolute atomic E-state index is 0.0651. The van der Waals surface area contributed by atoms with Gasteiger partial charge < -0.3 is 33.6 Å². The van der Waals surface area contributed by atoms with Crippen LogP contribution in [0, 0.1) is 0 Å². The van der Waals surface area contributed by atoms with Gasteiger partial charge in [-0.2, -0.15) is 0 Å². The molecule has 0 bridgehead atoms. The first-order valence-corrected chi connectivity index (χ1v) is 17.7. The average molecular weight is 675 g/mol. The predicted octanol–water partition coefficient (Wildman–Crippen LogP) is 2.69. The molecule has 2 amide bonds. The molecule has 48 heavy (non-hydrogen) atoms. The van der Waals surface area contributed by atoms with Crippen molar-refractivity contribution in [1.29, 1.82) is 0 Å². The van der Waals surface area contributed by atoms with Crippen molar-refractivity contribution in [1.82, 2.24) is 10.2 Å². The molecule has 2 aliphatic rings. The molecule has 1 spiro atoms. The largest absolute Gasteiger partial charge is 0.497 e. The maximum atomic E-state index is 14.4. The Kier molecular flexibility index (Phi) is 10.1. The minimum Gasteiger partial charge on any atom is -0.497 e. The van der Waals surface area contributed by atoms with Crippen LogP contribution >= 0.6 is 0 Å². The maximum Gasteiger partial charge on any atom is 0.303 e. The van der Waals surface area contributed by atoms with Gasteiger partial charge in [-0.15, -0.1) is 0 Å². The highest BCUT2D eigenvalue weighted by Gasteiger charge is 2.67. The Bertz CT molecular complexity index is 1590. The second kappa shape index (κ2) is 13.9. The van der Waals surface area contributed by atoms with Crippen molar-refractivity contribution in [3.05, 3.63) is 90.5 Å². The summed E-state index contributed by atoms with van der Waals surface area (Å²) in [5.74, 6) is -1.97. The van der Waals surface area contributed by atoms with Gasteiger partial charge in [0.1, 0.15) is 18.4 Å². The smallest absolute Gasteiger partial charge is 0.303 e. The molecule has 3 aromatic rings. The number of amides is 2. The minimum atomic E-state index is -3.13. The summed E-state index contributed by atoms with van der Waals surface area (Å²) in [4.78, 5) is 54.0. The number of nitrogens with zero attached hydrogens (tertiary/aromatic N) is 1. The van der Waals surface area contributed by atoms with Crippen LogP contribution in [0.15, 0.2) is 84.9 Å². The highest BCUT2D eigenvalue weighted by Crippen LogP contribution is 2.41. The molecule has 0 aliphatic carbocycles. The van der Waals surface area contributed by atoms with Gasteiger partial charge >= 0.3 is 11.9 Å². The van der Waals surface area contributed by atoms with Gasteiger partial charge in [-0.05, 0) is 33.1 Å². The van der Waals surface area contributed by atoms with Crippen LogP contribution in [0.2, 0.25) is 5.04 Å². The highest BCUT2D eigenvalue weighted by atomic mass is 28.4. The van der Waals surface area contributed by atoms with Crippen LogP contribution in [0.5, 0.6) is 5.75 Å². The zero-order valence-corrected chi connectivity index (χ0v) is 29.1. The van der Waals surface area contributed by atoms with E-state index in [4.69, 9.17) is 23.4 Å². The third kappa shape index (κ3) is 6.73. The molecular formula is C36H42N2O9Si. The molecule has 0 radical (unpaired) electrons. The lowest BCUT2D eigenvalue weighted by atomic mass is 9.98. The highest BCUT2D eigenvalue weighted by molar-refractivity contribution is 6.99. The van der Waals surface area contributed by atoms with E-state index >= 15 is 0 Å². The van der Waals surface area contributed by atoms with Crippen molar-refractivity contribution in [3.8, 4) is 5.75 Å². The molecule has 2 heterocycles. The summed E-state index contributed by atoms with van der Waals surface area (Å²) in [5, 5.41) is 4.28. The number of rotatable bonds is 10. The number of hydrogen-bond donors (Lipinski definition) is 1. The lowest BCUT2D eigenvalue weighted by Gasteiger charge is -2.43. The van der Waals surface area contributed by atoms with Gasteiger partial charge in [-0.1, -0.05) is 93.6 Å². The van der Waals surface area contributed by atoms with Crippen LogP contribution in [0.1, 0.15) is 40.2 Å². The maximum absolute atomic E-state index is 14.4. The molecule has 2 aliphatic heterocycles. The molecule has 0 saturated carbocycles. The van der Waals surface area contributed by atoms with E-state index in [2.05, 4.69) is 26.1 Å². The van der Waals surface area contributed by atoms with Crippen LogP contribution in [-0.4, -0.2) is 81.3 Å². The van der Waals surface area contributed by atoms with Crippen LogP contribution in [0.25, 0.3) is 0 Å². The van der Waals surface area contributed by atoms with E-state index in [0.717, 1.165) is 15.9 Å². The van der Waals surface area contributed by atoms with Gasteiger partial charge in [0.15, 0.2) is 12.2 Å². The molecule has 0 aromatic heterocycles. The van der Waals surface area contributed by atoms with Gasteiger partial charge in [0.25, 0.3) is 19.9 Å². The van der Waals surface area contributed by atoms with Gasteiger partial charge in [-0.3, -0.25) is 19.2 Å². The van der Waals surface area contributed by atoms with Crippen molar-refractivity contribution in [2.75, 3.05) is 20.3 Å². The average Bonchev–Trinajstić information content (AvgIpc) is 3.31. The van der Waals surface area contributed by atoms with Crippen molar-refractivity contribution >= 4 is 42.4 Å². The number of hydrogen-bond acceptors (Lipinski definition) is 9. The number of methoxy groups -OCH3 is 1. The Morgan fingerprint density at radius 3 is 1.96 bits per heavy atom. The molecule has 0 unspecified atom stereocenters. The van der Waals surface area contributed by atoms with E-state index in [1.165, 1.54) is 18.7 Å². The van der Waals surface area contributed by atoms with E-state index in [9.17, 15) is 19.2 Å². The summed E-state index contributed by atoms with van der Waals surface area (Å²) in [6, 6.07) is 26.9. The van der Waals surface area contributed by atoms with E-state index < -0.39 is 61.1 Å². The van der Waals surface area contributed by atoms with E-state index in [1.807, 2.05) is 60.7 Å². The molecule has 11 nitrogen and oxygen atoms in total. The number of carbonyl (C=O) groups excluding carboxylic acids is 4. The number of benzene rings is 3. The molecule has 12 heteroatoms. The fourth-order valence-electron chi connectivity index (χ4n) is 6.69. The number of piperazine rings is 1. The van der Waals surface area contributed by atoms with Crippen molar-refractivity contribution < 1.29 is 42.6 Å². The Labute approximate surface area is 281 Å². The fourth-order valence-corrected chi connectivity index (χ4v) is 11.3. The Hall–Kier alpha value is -4.52. The second-order valence-corrected chi connectivity index (χ2v) is 17.3. The quantitative estimate of drug-likeness (QED) is 0.255. The molecule has 254 valence electrons. The molecule has 4 atom stereocenters. The van der Waals surface area contributed by atoms with Crippen molar-refractivity contribution in [2.24, 2.45) is 0 Å². The van der Waals surface area contributed by atoms with E-state index in [1.54, 1.807) is 31.4 Å². The Morgan fingerprint density at radius 1 is 0.896 bits per heavy atom. The number of esters is 2. The fraction of sp³-hybridized carbons (Fsp3) is 0.389. The standard InChI is InChI=1S/C36H42N2O9Si/c1-24(39)45-32-30(23-44-48(35(3,4)5,28-13-9-7-10-14-28)29-15-11-8-12-16-29)47-36(33(32)46-25(2)40)34(42)38(22-31(41)37-36)21-26-17-19-27(43-6)20-18-26/h7-20,30,32-33H,21-23H2,1-6H3,(H,37,41)/t30-,32-,33+,36+/m1/s1. The lowest BCUT2D eigenvalue weighted by Crippen LogP contribution is -2.71. The van der Waals surface area contributed by atoms with Gasteiger partial charge in [0.05, 0.1) is 13.7 Å². The molecule has 2 fully saturated rings. The van der Waals surface area contributed by atoms with E-state index in [0.29, 0.717) is 5.75 Å². The SMILES string of the molecule is COc1ccc(CN2CC(=O)N[C@@]3(O[C@H](CO[Si](c4ccccc4)(c4ccccc4)C(C)(C)C)[C@@H](OC(C)=O)[C@@H]3OC(C)=O)C2=O)cc1. The summed E-state index contributed by atoms with van der Waals surface area (Å²) < 4.78 is 30.3. The van der Waals surface area contributed by atoms with Crippen molar-refractivity contribution in [2.45, 2.75) is 70.2 Å². The summed E-state index contributed by atoms with van der Waals surface area (Å²) in [6.45, 7) is 8.39. The van der Waals surface area contributed by atoms with Gasteiger partial charge in [0, 0.05) is 20.4 Å². The molecule has 3 aromatic carbocycles. The monoisotopic (exact) mass is 674 g/mol. The predicted molar refractivity (Wildman–Crippen MR) is 179 cm³/mol. The van der Waals surface area contributed by atoms with E-state index in [-0.39, 0.29) is 19.7 Å². The summed E-state index contributed by atoms with van der Waals surface area (Å²) in [7, 11) is -1.57. The van der Waals surface area contributed by atoms with Crippen LogP contribution < -0.4 is 20.4 Å². The normalized spacial score (nSPS) is 22.7. The molecule has 1 N–H and O–H groups in total. The molecule has 2 saturated heterocycles. The number of carbonyl (C=O) groups is 4. The Morgan fingerprint density at radius 2 is 1.46 bits per heavy atom. The van der Waals surface area contributed by atoms with Crippen molar-refractivity contribution in [3.63, 3.8) is 0 Å². The van der Waals surface area contributed by atoms with Gasteiger partial charge in [0.2, 0.25) is 5.91 Å². The van der Waals surface area contributed by atoms with Crippen LogP contribution in [0.3, 0.4) is 0 Å². The topological polar surface area (TPSA) is 130 Å². The second-order valence-electron chi connectivity index (χ2n) is 13.0. The van der Waals surface area contributed by atoms with Crippen LogP contribution in [0.4, 0.5) is 0 Å². The zero-order valence-electron chi connectivity index (χ0n) is 28.1. The first kappa shape index (κ1) is 34.8. The molecular weight excluding hydrogens is 632 g/mol. The number of ether oxygens (including phenoxy) is 4. The first-order valence-electron chi connectivity index (χ1n) is 15.8. The summed E-state index contributed by atoms with van der Waals surface area (Å²) >= 11 is 0. The van der Waals surface area contributed by atoms with Gasteiger partial charge in [-0.25, -0.2) is 0 Å². The Balaban J connectivity index is 1.56.